The molecule has 3 aromatic rings. The zero-order valence-electron chi connectivity index (χ0n) is 23.9. The Balaban J connectivity index is 1.31. The van der Waals surface area contributed by atoms with E-state index in [0.717, 1.165) is 27.2 Å². The second kappa shape index (κ2) is 12.2. The number of rotatable bonds is 6. The highest BCUT2D eigenvalue weighted by molar-refractivity contribution is 6.30. The molecular weight excluding hydrogens is 580 g/mol. The van der Waals surface area contributed by atoms with Crippen molar-refractivity contribution in [1.29, 1.82) is 0 Å². The lowest BCUT2D eigenvalue weighted by molar-refractivity contribution is -0.126. The Morgan fingerprint density at radius 3 is 2.23 bits per heavy atom. The molecule has 226 valence electrons. The summed E-state index contributed by atoms with van der Waals surface area (Å²) in [6, 6.07) is 17.0. The fourth-order valence-electron chi connectivity index (χ4n) is 5.54. The third kappa shape index (κ3) is 6.44. The van der Waals surface area contributed by atoms with Gasteiger partial charge >= 0.3 is 12.2 Å². The lowest BCUT2D eigenvalue weighted by Gasteiger charge is -2.29. The molecular formula is C32H32ClF2N3O5. The molecule has 1 saturated heterocycles. The molecule has 0 aromatic heterocycles. The van der Waals surface area contributed by atoms with Crippen LogP contribution in [0.5, 0.6) is 0 Å². The van der Waals surface area contributed by atoms with Crippen molar-refractivity contribution in [2.24, 2.45) is 0 Å². The van der Waals surface area contributed by atoms with E-state index in [1.165, 1.54) is 18.2 Å². The highest BCUT2D eigenvalue weighted by Gasteiger charge is 2.50. The topological polar surface area (TPSA) is 97.0 Å². The molecule has 0 bridgehead atoms. The molecule has 2 N–H and O–H groups in total. The summed E-state index contributed by atoms with van der Waals surface area (Å²) < 4.78 is 40.8. The SMILES string of the molecule is CC(C)(C)OC(=O)N1C[C@H](F)[C@@H](NC(=O)OCC2c3ccccc3-c3ccccc32)[C@H]1C(=O)NCc1cccc(Cl)c1F. The van der Waals surface area contributed by atoms with E-state index in [0.29, 0.717) is 0 Å². The van der Waals surface area contributed by atoms with Crippen molar-refractivity contribution in [3.8, 4) is 11.1 Å². The maximum absolute atomic E-state index is 15.4. The minimum atomic E-state index is -1.81. The van der Waals surface area contributed by atoms with E-state index < -0.39 is 54.3 Å². The number of carbonyl (C=O) groups is 3. The Kier molecular flexibility index (Phi) is 8.59. The smallest absolute Gasteiger partial charge is 0.411 e. The van der Waals surface area contributed by atoms with E-state index in [9.17, 15) is 18.8 Å². The maximum Gasteiger partial charge on any atom is 0.411 e. The first kappa shape index (κ1) is 30.3. The van der Waals surface area contributed by atoms with Crippen molar-refractivity contribution in [2.45, 2.75) is 57.1 Å². The third-order valence-corrected chi connectivity index (χ3v) is 7.74. The number of likely N-dealkylation sites (tertiary alicyclic amines) is 1. The molecule has 11 heteroatoms. The van der Waals surface area contributed by atoms with Crippen molar-refractivity contribution < 1.29 is 32.6 Å². The van der Waals surface area contributed by atoms with Crippen molar-refractivity contribution in [1.82, 2.24) is 15.5 Å². The van der Waals surface area contributed by atoms with E-state index in [4.69, 9.17) is 21.1 Å². The molecule has 8 nitrogen and oxygen atoms in total. The van der Waals surface area contributed by atoms with Crippen LogP contribution in [0.15, 0.2) is 66.7 Å². The van der Waals surface area contributed by atoms with Gasteiger partial charge in [-0.1, -0.05) is 72.3 Å². The molecule has 5 rings (SSSR count). The van der Waals surface area contributed by atoms with Gasteiger partial charge in [0.05, 0.1) is 17.6 Å². The number of benzene rings is 3. The number of halogens is 3. The largest absolute Gasteiger partial charge is 0.449 e. The lowest BCUT2D eigenvalue weighted by atomic mass is 9.98. The van der Waals surface area contributed by atoms with E-state index in [-0.39, 0.29) is 29.7 Å². The minimum Gasteiger partial charge on any atom is -0.449 e. The van der Waals surface area contributed by atoms with Gasteiger partial charge in [-0.05, 0) is 49.1 Å². The van der Waals surface area contributed by atoms with Gasteiger partial charge in [0, 0.05) is 18.0 Å². The van der Waals surface area contributed by atoms with Crippen molar-refractivity contribution in [3.63, 3.8) is 0 Å². The molecule has 0 radical (unpaired) electrons. The number of nitrogens with zero attached hydrogens (tertiary/aromatic N) is 1. The van der Waals surface area contributed by atoms with E-state index >= 15 is 4.39 Å². The van der Waals surface area contributed by atoms with Gasteiger partial charge in [-0.15, -0.1) is 0 Å². The summed E-state index contributed by atoms with van der Waals surface area (Å²) in [6.45, 7) is 4.10. The monoisotopic (exact) mass is 611 g/mol. The molecule has 1 aliphatic carbocycles. The summed E-state index contributed by atoms with van der Waals surface area (Å²) in [5.74, 6) is -1.75. The number of carbonyl (C=O) groups excluding carboxylic acids is 3. The van der Waals surface area contributed by atoms with E-state index in [1.54, 1.807) is 20.8 Å². The molecule has 3 amide bonds. The number of nitrogens with one attached hydrogen (secondary N) is 2. The number of fused-ring (bicyclic) bond motifs is 3. The van der Waals surface area contributed by atoms with Gasteiger partial charge in [0.1, 0.15) is 30.2 Å². The molecule has 0 saturated carbocycles. The highest BCUT2D eigenvalue weighted by Crippen LogP contribution is 2.44. The molecule has 1 aliphatic heterocycles. The van der Waals surface area contributed by atoms with Gasteiger partial charge in [0.25, 0.3) is 0 Å². The average molecular weight is 612 g/mol. The number of hydrogen-bond donors (Lipinski definition) is 2. The zero-order chi connectivity index (χ0) is 30.9. The predicted molar refractivity (Wildman–Crippen MR) is 157 cm³/mol. The first-order valence-corrected chi connectivity index (χ1v) is 14.3. The van der Waals surface area contributed by atoms with Crippen molar-refractivity contribution in [3.05, 3.63) is 94.3 Å². The molecule has 43 heavy (non-hydrogen) atoms. The normalized spacial score (nSPS) is 19.4. The van der Waals surface area contributed by atoms with Crippen molar-refractivity contribution >= 4 is 29.7 Å². The number of amides is 3. The van der Waals surface area contributed by atoms with E-state index in [2.05, 4.69) is 10.6 Å². The van der Waals surface area contributed by atoms with Gasteiger partial charge in [-0.3, -0.25) is 9.69 Å². The fraction of sp³-hybridized carbons (Fsp3) is 0.344. The molecule has 0 unspecified atom stereocenters. The molecule has 0 spiro atoms. The summed E-state index contributed by atoms with van der Waals surface area (Å²) >= 11 is 5.85. The van der Waals surface area contributed by atoms with Gasteiger partial charge in [-0.2, -0.15) is 0 Å². The van der Waals surface area contributed by atoms with Crippen LogP contribution < -0.4 is 10.6 Å². The summed E-state index contributed by atoms with van der Waals surface area (Å²) in [5, 5.41) is 4.87. The maximum atomic E-state index is 15.4. The Bertz CT molecular complexity index is 1500. The fourth-order valence-corrected chi connectivity index (χ4v) is 5.73. The van der Waals surface area contributed by atoms with Crippen LogP contribution in [0.25, 0.3) is 11.1 Å². The summed E-state index contributed by atoms with van der Waals surface area (Å²) in [6.07, 6.45) is -3.69. The quantitative estimate of drug-likeness (QED) is 0.359. The van der Waals surface area contributed by atoms with Crippen LogP contribution in [-0.2, 0) is 20.8 Å². The Hall–Kier alpha value is -4.18. The average Bonchev–Trinajstić information content (AvgIpc) is 3.46. The minimum absolute atomic E-state index is 0.0236. The van der Waals surface area contributed by atoms with Crippen LogP contribution in [0.4, 0.5) is 18.4 Å². The van der Waals surface area contributed by atoms with Crippen LogP contribution in [-0.4, -0.2) is 60.0 Å². The molecule has 3 atom stereocenters. The summed E-state index contributed by atoms with van der Waals surface area (Å²) in [4.78, 5) is 40.3. The molecule has 2 aliphatic rings. The van der Waals surface area contributed by atoms with E-state index in [1.807, 2.05) is 48.5 Å². The number of ether oxygens (including phenoxy) is 2. The van der Waals surface area contributed by atoms with Gasteiger partial charge in [-0.25, -0.2) is 18.4 Å². The standard InChI is InChI=1S/C32H32ClF2N3O5/c1-32(2,3)43-31(41)38-16-25(34)27(28(38)29(39)36-15-18-9-8-14-24(33)26(18)35)37-30(40)42-17-23-21-12-6-4-10-19(21)20-11-5-7-13-22(20)23/h4-14,23,25,27-28H,15-17H2,1-3H3,(H,36,39)(H,37,40)/t25-,27+,28-/m0/s1. The van der Waals surface area contributed by atoms with Crippen LogP contribution in [0.2, 0.25) is 5.02 Å². The Morgan fingerprint density at radius 2 is 1.60 bits per heavy atom. The molecule has 1 fully saturated rings. The Morgan fingerprint density at radius 1 is 0.977 bits per heavy atom. The molecule has 3 aromatic carbocycles. The van der Waals surface area contributed by atoms with Crippen molar-refractivity contribution in [2.75, 3.05) is 13.2 Å². The Labute approximate surface area is 253 Å². The summed E-state index contributed by atoms with van der Waals surface area (Å²) in [5.41, 5.74) is 3.27. The second-order valence-electron chi connectivity index (χ2n) is 11.5. The molecule has 1 heterocycles. The zero-order valence-corrected chi connectivity index (χ0v) is 24.7. The number of alkyl halides is 1. The third-order valence-electron chi connectivity index (χ3n) is 7.45. The predicted octanol–water partition coefficient (Wildman–Crippen LogP) is 5.96. The number of hydrogen-bond acceptors (Lipinski definition) is 5. The summed E-state index contributed by atoms with van der Waals surface area (Å²) in [7, 11) is 0. The first-order chi connectivity index (χ1) is 20.4. The van der Waals surface area contributed by atoms with Crippen LogP contribution in [0, 0.1) is 5.82 Å². The van der Waals surface area contributed by atoms with Gasteiger partial charge in [0.15, 0.2) is 0 Å². The van der Waals surface area contributed by atoms with Crippen LogP contribution >= 0.6 is 11.6 Å². The van der Waals surface area contributed by atoms with Crippen LogP contribution in [0.3, 0.4) is 0 Å². The second-order valence-corrected chi connectivity index (χ2v) is 11.9. The lowest BCUT2D eigenvalue weighted by Crippen LogP contribution is -2.56. The van der Waals surface area contributed by atoms with Gasteiger partial charge in [0.2, 0.25) is 5.91 Å². The first-order valence-electron chi connectivity index (χ1n) is 13.9. The highest BCUT2D eigenvalue weighted by atomic mass is 35.5. The van der Waals surface area contributed by atoms with Crippen LogP contribution in [0.1, 0.15) is 43.4 Å². The number of alkyl carbamates (subject to hydrolysis) is 1. The van der Waals surface area contributed by atoms with Gasteiger partial charge < -0.3 is 20.1 Å².